The first kappa shape index (κ1) is 6.58. The fourth-order valence-corrected chi connectivity index (χ4v) is 2.49. The van der Waals surface area contributed by atoms with Gasteiger partial charge in [-0.05, 0) is 6.42 Å². The molecule has 1 aliphatic heterocycles. The topological polar surface area (TPSA) is 29.1 Å². The molecule has 1 aliphatic carbocycles. The quantitative estimate of drug-likeness (QED) is 0.580. The Morgan fingerprint density at radius 2 is 2.40 bits per heavy atom. The summed E-state index contributed by atoms with van der Waals surface area (Å²) in [6.45, 7) is 0. The summed E-state index contributed by atoms with van der Waals surface area (Å²) in [6, 6.07) is -0.266. The molecule has 0 radical (unpaired) electrons. The molecule has 0 aromatic heterocycles. The third-order valence-corrected chi connectivity index (χ3v) is 3.19. The molecule has 56 valence electrons. The van der Waals surface area contributed by atoms with E-state index in [1.807, 2.05) is 0 Å². The normalized spacial score (nSPS) is 51.6. The molecule has 1 saturated carbocycles. The Morgan fingerprint density at radius 1 is 1.70 bits per heavy atom. The summed E-state index contributed by atoms with van der Waals surface area (Å²) in [5.74, 6) is -0.498. The van der Waals surface area contributed by atoms with Crippen molar-refractivity contribution in [2.45, 2.75) is 23.5 Å². The van der Waals surface area contributed by atoms with Gasteiger partial charge in [0.2, 0.25) is 5.91 Å². The van der Waals surface area contributed by atoms with Crippen molar-refractivity contribution in [1.29, 1.82) is 0 Å². The summed E-state index contributed by atoms with van der Waals surface area (Å²) in [7, 11) is 0. The van der Waals surface area contributed by atoms with Gasteiger partial charge in [-0.25, -0.2) is 4.39 Å². The third-order valence-electron chi connectivity index (χ3n) is 2.24. The minimum Gasteiger partial charge on any atom is -0.349 e. The molecule has 2 nitrogen and oxygen atoms in total. The number of halogens is 2. The first-order valence-corrected chi connectivity index (χ1v) is 4.20. The van der Waals surface area contributed by atoms with E-state index < -0.39 is 6.17 Å². The average molecular weight is 208 g/mol. The van der Waals surface area contributed by atoms with Crippen LogP contribution in [-0.2, 0) is 4.79 Å². The third kappa shape index (κ3) is 0.654. The molecule has 4 atom stereocenters. The van der Waals surface area contributed by atoms with E-state index in [0.717, 1.165) is 0 Å². The number of carbonyl (C=O) groups excluding carboxylic acids is 1. The SMILES string of the molecule is O=C1N[C@H]2[C@@H](F)[C@@H]1C[C@@H]2Br. The van der Waals surface area contributed by atoms with Crippen LogP contribution in [0.4, 0.5) is 4.39 Å². The van der Waals surface area contributed by atoms with Gasteiger partial charge in [0.05, 0.1) is 12.0 Å². The molecule has 2 fully saturated rings. The number of amides is 1. The molecular weight excluding hydrogens is 201 g/mol. The second kappa shape index (κ2) is 1.94. The van der Waals surface area contributed by atoms with Gasteiger partial charge in [0, 0.05) is 4.83 Å². The highest BCUT2D eigenvalue weighted by Crippen LogP contribution is 2.38. The van der Waals surface area contributed by atoms with Gasteiger partial charge in [0.25, 0.3) is 0 Å². The molecule has 10 heavy (non-hydrogen) atoms. The molecule has 4 heteroatoms. The largest absolute Gasteiger partial charge is 0.349 e. The number of hydrogen-bond acceptors (Lipinski definition) is 1. The number of carbonyl (C=O) groups is 1. The Hall–Kier alpha value is -0.120. The van der Waals surface area contributed by atoms with E-state index >= 15 is 0 Å². The van der Waals surface area contributed by atoms with Crippen LogP contribution in [0, 0.1) is 5.92 Å². The predicted octanol–water partition coefficient (Wildman–Crippen LogP) is 0.606. The first-order valence-electron chi connectivity index (χ1n) is 3.28. The number of hydrogen-bond donors (Lipinski definition) is 1. The summed E-state index contributed by atoms with van der Waals surface area (Å²) in [4.78, 5) is 11.0. The van der Waals surface area contributed by atoms with Gasteiger partial charge in [-0.15, -0.1) is 0 Å². The van der Waals surface area contributed by atoms with Crippen LogP contribution < -0.4 is 5.32 Å². The molecule has 0 unspecified atom stereocenters. The highest BCUT2D eigenvalue weighted by molar-refractivity contribution is 9.09. The van der Waals surface area contributed by atoms with Gasteiger partial charge >= 0.3 is 0 Å². The summed E-state index contributed by atoms with van der Waals surface area (Å²) in [6.07, 6.45) is -0.311. The van der Waals surface area contributed by atoms with Crippen molar-refractivity contribution < 1.29 is 9.18 Å². The van der Waals surface area contributed by atoms with E-state index in [0.29, 0.717) is 6.42 Å². The smallest absolute Gasteiger partial charge is 0.226 e. The molecule has 1 heterocycles. The van der Waals surface area contributed by atoms with Gasteiger partial charge in [-0.2, -0.15) is 0 Å². The molecule has 2 aliphatic rings. The van der Waals surface area contributed by atoms with E-state index in [1.165, 1.54) is 0 Å². The van der Waals surface area contributed by atoms with Crippen molar-refractivity contribution in [3.8, 4) is 0 Å². The second-order valence-electron chi connectivity index (χ2n) is 2.84. The summed E-state index contributed by atoms with van der Waals surface area (Å²) in [5, 5.41) is 2.59. The Balaban J connectivity index is 2.25. The Labute approximate surface area is 66.3 Å². The zero-order valence-corrected chi connectivity index (χ0v) is 6.77. The molecule has 0 spiro atoms. The van der Waals surface area contributed by atoms with Crippen molar-refractivity contribution >= 4 is 21.8 Å². The fourth-order valence-electron chi connectivity index (χ4n) is 1.66. The molecular formula is C6H7BrFNO. The number of fused-ring (bicyclic) bond motifs is 2. The number of nitrogens with one attached hydrogen (secondary N) is 1. The van der Waals surface area contributed by atoms with Gasteiger partial charge in [-0.1, -0.05) is 15.9 Å². The zero-order chi connectivity index (χ0) is 7.30. The van der Waals surface area contributed by atoms with Gasteiger partial charge in [0.1, 0.15) is 6.17 Å². The van der Waals surface area contributed by atoms with Gasteiger partial charge < -0.3 is 5.32 Å². The lowest BCUT2D eigenvalue weighted by molar-refractivity contribution is -0.123. The maximum Gasteiger partial charge on any atom is 0.226 e. The van der Waals surface area contributed by atoms with Crippen molar-refractivity contribution in [2.75, 3.05) is 0 Å². The average Bonchev–Trinajstić information content (AvgIpc) is 2.26. The summed E-state index contributed by atoms with van der Waals surface area (Å²) >= 11 is 3.31. The fraction of sp³-hybridized carbons (Fsp3) is 0.833. The Bertz CT molecular complexity index is 187. The Kier molecular flexibility index (Phi) is 1.27. The molecule has 0 aromatic rings. The highest BCUT2D eigenvalue weighted by Gasteiger charge is 2.52. The summed E-state index contributed by atoms with van der Waals surface area (Å²) in [5.41, 5.74) is 0. The lowest BCUT2D eigenvalue weighted by Crippen LogP contribution is -2.38. The maximum atomic E-state index is 13.0. The molecule has 0 aromatic carbocycles. The van der Waals surface area contributed by atoms with Crippen LogP contribution in [0.5, 0.6) is 0 Å². The Morgan fingerprint density at radius 3 is 2.70 bits per heavy atom. The minimum absolute atomic E-state index is 0.117. The van der Waals surface area contributed by atoms with Gasteiger partial charge in [0.15, 0.2) is 0 Å². The lowest BCUT2D eigenvalue weighted by atomic mass is 10.1. The second-order valence-corrected chi connectivity index (χ2v) is 4.01. The first-order chi connectivity index (χ1) is 4.70. The number of alkyl halides is 2. The molecule has 2 bridgehead atoms. The monoisotopic (exact) mass is 207 g/mol. The van der Waals surface area contributed by atoms with Crippen LogP contribution in [0.3, 0.4) is 0 Å². The van der Waals surface area contributed by atoms with Crippen molar-refractivity contribution in [2.24, 2.45) is 5.92 Å². The lowest BCUT2D eigenvalue weighted by Gasteiger charge is -2.15. The van der Waals surface area contributed by atoms with Crippen LogP contribution >= 0.6 is 15.9 Å². The standard InChI is InChI=1S/C6H7BrFNO/c7-3-1-2-4(8)5(3)9-6(2)10/h2-5H,1H2,(H,9,10)/t2-,3-,4-,5+/m0/s1. The van der Waals surface area contributed by atoms with Crippen LogP contribution in [0.25, 0.3) is 0 Å². The highest BCUT2D eigenvalue weighted by atomic mass is 79.9. The van der Waals surface area contributed by atoms with Gasteiger partial charge in [-0.3, -0.25) is 4.79 Å². The van der Waals surface area contributed by atoms with Crippen LogP contribution in [-0.4, -0.2) is 22.9 Å². The van der Waals surface area contributed by atoms with Crippen LogP contribution in [0.1, 0.15) is 6.42 Å². The summed E-state index contributed by atoms with van der Waals surface area (Å²) < 4.78 is 13.0. The minimum atomic E-state index is -0.961. The maximum absolute atomic E-state index is 13.0. The van der Waals surface area contributed by atoms with Crippen molar-refractivity contribution in [3.05, 3.63) is 0 Å². The van der Waals surface area contributed by atoms with E-state index in [4.69, 9.17) is 0 Å². The number of rotatable bonds is 0. The van der Waals surface area contributed by atoms with E-state index in [2.05, 4.69) is 21.2 Å². The van der Waals surface area contributed by atoms with E-state index in [1.54, 1.807) is 0 Å². The van der Waals surface area contributed by atoms with E-state index in [9.17, 15) is 9.18 Å². The predicted molar refractivity (Wildman–Crippen MR) is 37.6 cm³/mol. The van der Waals surface area contributed by atoms with Crippen molar-refractivity contribution in [3.63, 3.8) is 0 Å². The number of piperidine rings is 1. The molecule has 1 amide bonds. The molecule has 1 N–H and O–H groups in total. The van der Waals surface area contributed by atoms with Crippen LogP contribution in [0.2, 0.25) is 0 Å². The molecule has 2 rings (SSSR count). The van der Waals surface area contributed by atoms with E-state index in [-0.39, 0.29) is 22.7 Å². The van der Waals surface area contributed by atoms with Crippen LogP contribution in [0.15, 0.2) is 0 Å². The zero-order valence-electron chi connectivity index (χ0n) is 5.18. The van der Waals surface area contributed by atoms with Crippen molar-refractivity contribution in [1.82, 2.24) is 5.32 Å². The molecule has 1 saturated heterocycles.